The van der Waals surface area contributed by atoms with Gasteiger partial charge in [-0.1, -0.05) is 27.5 Å². The highest BCUT2D eigenvalue weighted by molar-refractivity contribution is 9.10. The first-order valence-electron chi connectivity index (χ1n) is 7.92. The number of rotatable bonds is 2. The first-order valence-corrected chi connectivity index (χ1v) is 9.09. The minimum absolute atomic E-state index is 0.146. The van der Waals surface area contributed by atoms with E-state index in [-0.39, 0.29) is 12.4 Å². The molecule has 0 spiro atoms. The molecule has 3 aromatic rings. The third-order valence-electron chi connectivity index (χ3n) is 4.42. The average Bonchev–Trinajstić information content (AvgIpc) is 2.87. The summed E-state index contributed by atoms with van der Waals surface area (Å²) < 4.78 is 39.4. The zero-order chi connectivity index (χ0) is 18.4. The Morgan fingerprint density at radius 3 is 2.85 bits per heavy atom. The fourth-order valence-electron chi connectivity index (χ4n) is 3.27. The number of alkyl halides is 2. The van der Waals surface area contributed by atoms with Crippen molar-refractivity contribution in [2.45, 2.75) is 33.3 Å². The van der Waals surface area contributed by atoms with Crippen LogP contribution in [0, 0.1) is 6.92 Å². The number of ether oxygens (including phenoxy) is 2. The predicted molar refractivity (Wildman–Crippen MR) is 97.8 cm³/mol. The van der Waals surface area contributed by atoms with Crippen LogP contribution in [0.5, 0.6) is 5.75 Å². The second-order valence-electron chi connectivity index (χ2n) is 6.08. The van der Waals surface area contributed by atoms with Crippen molar-refractivity contribution in [1.82, 2.24) is 9.55 Å². The van der Waals surface area contributed by atoms with Gasteiger partial charge in [0.05, 0.1) is 24.2 Å². The fourth-order valence-corrected chi connectivity index (χ4v) is 3.95. The Morgan fingerprint density at radius 1 is 1.27 bits per heavy atom. The molecule has 0 N–H and O–H groups in total. The molecule has 136 valence electrons. The van der Waals surface area contributed by atoms with E-state index in [0.29, 0.717) is 34.9 Å². The molecule has 1 aliphatic rings. The molecule has 26 heavy (non-hydrogen) atoms. The molecule has 1 aromatic heterocycles. The van der Waals surface area contributed by atoms with Gasteiger partial charge < -0.3 is 14.0 Å². The van der Waals surface area contributed by atoms with E-state index < -0.39 is 6.61 Å². The van der Waals surface area contributed by atoms with Gasteiger partial charge in [0.15, 0.2) is 0 Å². The molecule has 0 unspecified atom stereocenters. The van der Waals surface area contributed by atoms with Crippen LogP contribution in [0.2, 0.25) is 5.02 Å². The number of benzene rings is 2. The van der Waals surface area contributed by atoms with Crippen LogP contribution in [-0.2, 0) is 24.5 Å². The molecule has 0 bridgehead atoms. The Labute approximate surface area is 161 Å². The Kier molecular flexibility index (Phi) is 4.62. The van der Waals surface area contributed by atoms with E-state index >= 15 is 0 Å². The molecule has 0 aliphatic carbocycles. The molecule has 2 aromatic carbocycles. The summed E-state index contributed by atoms with van der Waals surface area (Å²) in [6.45, 7) is -0.377. The number of hydrogen-bond acceptors (Lipinski definition) is 3. The zero-order valence-corrected chi connectivity index (χ0v) is 16.1. The summed E-state index contributed by atoms with van der Waals surface area (Å²) in [5, 5.41) is 0.480. The van der Waals surface area contributed by atoms with Gasteiger partial charge in [-0.05, 0) is 36.8 Å². The maximum absolute atomic E-state index is 13.0. The topological polar surface area (TPSA) is 36.3 Å². The van der Waals surface area contributed by atoms with Crippen molar-refractivity contribution in [2.24, 2.45) is 0 Å². The number of halogens is 4. The van der Waals surface area contributed by atoms with Crippen LogP contribution in [0.3, 0.4) is 0 Å². The van der Waals surface area contributed by atoms with Crippen LogP contribution in [-0.4, -0.2) is 16.2 Å². The van der Waals surface area contributed by atoms with Crippen LogP contribution in [0.15, 0.2) is 28.7 Å². The van der Waals surface area contributed by atoms with Gasteiger partial charge >= 0.3 is 6.61 Å². The van der Waals surface area contributed by atoms with Crippen molar-refractivity contribution in [2.75, 3.05) is 0 Å². The minimum atomic E-state index is -2.92. The highest BCUT2D eigenvalue weighted by atomic mass is 79.9. The van der Waals surface area contributed by atoms with Crippen molar-refractivity contribution in [1.29, 1.82) is 0 Å². The van der Waals surface area contributed by atoms with Gasteiger partial charge in [0.2, 0.25) is 0 Å². The molecule has 2 heterocycles. The second kappa shape index (κ2) is 6.79. The molecule has 4 nitrogen and oxygen atoms in total. The monoisotopic (exact) mass is 442 g/mol. The highest BCUT2D eigenvalue weighted by Gasteiger charge is 2.24. The number of imidazole rings is 1. The second-order valence-corrected chi connectivity index (χ2v) is 7.40. The molecule has 8 heteroatoms. The quantitative estimate of drug-likeness (QED) is 0.529. The van der Waals surface area contributed by atoms with Gasteiger partial charge in [-0.3, -0.25) is 0 Å². The Balaban J connectivity index is 1.94. The molecule has 0 radical (unpaired) electrons. The third kappa shape index (κ3) is 3.08. The average molecular weight is 444 g/mol. The lowest BCUT2D eigenvalue weighted by atomic mass is 10.0. The van der Waals surface area contributed by atoms with E-state index in [1.165, 1.54) is 0 Å². The number of aryl methyl sites for hydroxylation is 1. The normalized spacial score (nSPS) is 14.1. The van der Waals surface area contributed by atoms with Crippen molar-refractivity contribution >= 4 is 38.6 Å². The smallest absolute Gasteiger partial charge is 0.387 e. The van der Waals surface area contributed by atoms with E-state index in [1.54, 1.807) is 13.0 Å². The number of fused-ring (bicyclic) bond motifs is 4. The molecular weight excluding hydrogens is 430 g/mol. The minimum Gasteiger partial charge on any atom is -0.434 e. The molecule has 0 fully saturated rings. The van der Waals surface area contributed by atoms with Gasteiger partial charge in [-0.2, -0.15) is 8.78 Å². The van der Waals surface area contributed by atoms with E-state index in [9.17, 15) is 8.78 Å². The lowest BCUT2D eigenvalue weighted by Gasteiger charge is -2.22. The molecule has 1 aliphatic heterocycles. The van der Waals surface area contributed by atoms with Gasteiger partial charge in [0.25, 0.3) is 0 Å². The Hall–Kier alpha value is -1.70. The van der Waals surface area contributed by atoms with Gasteiger partial charge in [-0.25, -0.2) is 4.98 Å². The van der Waals surface area contributed by atoms with Crippen LogP contribution < -0.4 is 4.74 Å². The lowest BCUT2D eigenvalue weighted by molar-refractivity contribution is -0.0511. The SMILES string of the molecule is Cc1cc(Cl)c2c(c1OC(F)F)Cn1c(nc3ccc(Br)cc31)COC2. The highest BCUT2D eigenvalue weighted by Crippen LogP contribution is 2.37. The van der Waals surface area contributed by atoms with Gasteiger partial charge in [-0.15, -0.1) is 0 Å². The lowest BCUT2D eigenvalue weighted by Crippen LogP contribution is -2.16. The van der Waals surface area contributed by atoms with Crippen molar-refractivity contribution in [3.05, 3.63) is 56.3 Å². The first-order chi connectivity index (χ1) is 12.4. The van der Waals surface area contributed by atoms with Crippen molar-refractivity contribution < 1.29 is 18.3 Å². The standard InChI is InChI=1S/C18H14BrClF2N2O2/c1-9-4-13(20)12-7-25-8-16-23-14-3-2-10(19)5-15(14)24(16)6-11(12)17(9)26-18(21)22/h2-5,18H,6-8H2,1H3. The summed E-state index contributed by atoms with van der Waals surface area (Å²) in [5.74, 6) is 0.872. The Morgan fingerprint density at radius 2 is 2.08 bits per heavy atom. The van der Waals surface area contributed by atoms with E-state index in [2.05, 4.69) is 20.9 Å². The van der Waals surface area contributed by atoms with E-state index in [4.69, 9.17) is 21.1 Å². The summed E-state index contributed by atoms with van der Waals surface area (Å²) in [6.07, 6.45) is 0. The summed E-state index contributed by atoms with van der Waals surface area (Å²) >= 11 is 9.84. The first kappa shape index (κ1) is 17.7. The maximum Gasteiger partial charge on any atom is 0.387 e. The molecule has 0 amide bonds. The maximum atomic E-state index is 13.0. The molecule has 0 atom stereocenters. The van der Waals surface area contributed by atoms with Crippen molar-refractivity contribution in [3.63, 3.8) is 0 Å². The third-order valence-corrected chi connectivity index (χ3v) is 5.25. The van der Waals surface area contributed by atoms with Crippen LogP contribution in [0.1, 0.15) is 22.5 Å². The van der Waals surface area contributed by atoms with Crippen LogP contribution >= 0.6 is 27.5 Å². The Bertz CT molecular complexity index is 1010. The molecule has 0 saturated carbocycles. The summed E-state index contributed by atoms with van der Waals surface area (Å²) in [4.78, 5) is 4.60. The fraction of sp³-hybridized carbons (Fsp3) is 0.278. The van der Waals surface area contributed by atoms with Crippen molar-refractivity contribution in [3.8, 4) is 5.75 Å². The molecule has 4 rings (SSSR count). The summed E-state index contributed by atoms with van der Waals surface area (Å²) in [5.41, 5.74) is 3.50. The largest absolute Gasteiger partial charge is 0.434 e. The van der Waals surface area contributed by atoms with Crippen LogP contribution in [0.4, 0.5) is 8.78 Å². The number of nitrogens with zero attached hydrogens (tertiary/aromatic N) is 2. The van der Waals surface area contributed by atoms with Gasteiger partial charge in [0.1, 0.15) is 18.2 Å². The molecule has 0 saturated heterocycles. The predicted octanol–water partition coefficient (Wildman–Crippen LogP) is 5.44. The zero-order valence-electron chi connectivity index (χ0n) is 13.7. The van der Waals surface area contributed by atoms with E-state index in [1.807, 2.05) is 22.8 Å². The summed E-state index contributed by atoms with van der Waals surface area (Å²) in [6, 6.07) is 7.38. The summed E-state index contributed by atoms with van der Waals surface area (Å²) in [7, 11) is 0. The molecular formula is C18H14BrClF2N2O2. The van der Waals surface area contributed by atoms with Crippen LogP contribution in [0.25, 0.3) is 11.0 Å². The number of hydrogen-bond donors (Lipinski definition) is 0. The van der Waals surface area contributed by atoms with Gasteiger partial charge in [0, 0.05) is 20.6 Å². The number of aromatic nitrogens is 2. The van der Waals surface area contributed by atoms with E-state index in [0.717, 1.165) is 21.3 Å².